The summed E-state index contributed by atoms with van der Waals surface area (Å²) in [4.78, 5) is 17.7. The van der Waals surface area contributed by atoms with Gasteiger partial charge in [0.25, 0.3) is 0 Å². The van der Waals surface area contributed by atoms with Crippen LogP contribution in [0.4, 0.5) is 5.69 Å². The Morgan fingerprint density at radius 2 is 1.76 bits per heavy atom. The van der Waals surface area contributed by atoms with Crippen LogP contribution in [0.5, 0.6) is 0 Å². The third kappa shape index (κ3) is 4.15. The van der Waals surface area contributed by atoms with Crippen LogP contribution in [0.15, 0.2) is 36.4 Å². The summed E-state index contributed by atoms with van der Waals surface area (Å²) >= 11 is 0. The van der Waals surface area contributed by atoms with E-state index in [0.717, 1.165) is 65.6 Å². The van der Waals surface area contributed by atoms with E-state index in [9.17, 15) is 9.90 Å². The van der Waals surface area contributed by atoms with Crippen LogP contribution >= 0.6 is 0 Å². The normalized spacial score (nSPS) is 11.2. The number of nitrogens with zero attached hydrogens (tertiary/aromatic N) is 1. The van der Waals surface area contributed by atoms with Crippen LogP contribution in [0.2, 0.25) is 0 Å². The monoisotopic (exact) mass is 393 g/mol. The molecular weight excluding hydrogens is 362 g/mol. The average molecular weight is 394 g/mol. The number of carboxylic acid groups (broad SMARTS) is 1. The van der Waals surface area contributed by atoms with E-state index in [1.807, 2.05) is 13.0 Å². The molecule has 0 unspecified atom stereocenters. The maximum absolute atomic E-state index is 11.9. The van der Waals surface area contributed by atoms with Crippen LogP contribution in [-0.2, 0) is 6.42 Å². The first-order valence-electron chi connectivity index (χ1n) is 10.4. The summed E-state index contributed by atoms with van der Waals surface area (Å²) in [6.07, 6.45) is 2.65. The first-order valence-corrected chi connectivity index (χ1v) is 10.4. The number of aryl methyl sites for hydroxylation is 2. The van der Waals surface area contributed by atoms with Crippen molar-refractivity contribution in [2.45, 2.75) is 40.0 Å². The van der Waals surface area contributed by atoms with Crippen molar-refractivity contribution in [2.75, 3.05) is 24.5 Å². The van der Waals surface area contributed by atoms with Gasteiger partial charge in [-0.15, -0.1) is 0 Å². The number of nitrogens with two attached hydrogens (primary N) is 1. The highest BCUT2D eigenvalue weighted by Gasteiger charge is 2.20. The molecule has 0 saturated carbocycles. The van der Waals surface area contributed by atoms with Gasteiger partial charge >= 0.3 is 5.97 Å². The predicted octanol–water partition coefficient (Wildman–Crippen LogP) is 4.97. The molecule has 0 aliphatic carbocycles. The molecule has 5 nitrogen and oxygen atoms in total. The van der Waals surface area contributed by atoms with Crippen molar-refractivity contribution in [3.05, 3.63) is 53.1 Å². The van der Waals surface area contributed by atoms with Gasteiger partial charge in [0.2, 0.25) is 0 Å². The third-order valence-corrected chi connectivity index (χ3v) is 5.66. The molecule has 0 bridgehead atoms. The lowest BCUT2D eigenvalue weighted by molar-refractivity contribution is 0.0699. The van der Waals surface area contributed by atoms with Crippen molar-refractivity contribution < 1.29 is 9.90 Å². The lowest BCUT2D eigenvalue weighted by atomic mass is 9.96. The first-order chi connectivity index (χ1) is 14.0. The topological polar surface area (TPSA) is 82.3 Å². The number of aromatic nitrogens is 1. The number of unbranched alkanes of at least 4 members (excludes halogenated alkanes) is 1. The Morgan fingerprint density at radius 3 is 2.34 bits per heavy atom. The van der Waals surface area contributed by atoms with Gasteiger partial charge in [-0.2, -0.15) is 0 Å². The van der Waals surface area contributed by atoms with Gasteiger partial charge < -0.3 is 20.7 Å². The number of hydrogen-bond donors (Lipinski definition) is 3. The predicted molar refractivity (Wildman–Crippen MR) is 121 cm³/mol. The molecule has 0 fully saturated rings. The summed E-state index contributed by atoms with van der Waals surface area (Å²) < 4.78 is 0. The highest BCUT2D eigenvalue weighted by atomic mass is 16.4. The van der Waals surface area contributed by atoms with Gasteiger partial charge in [0, 0.05) is 35.4 Å². The number of aromatic carboxylic acids is 1. The number of H-pyrrole nitrogens is 1. The highest BCUT2D eigenvalue weighted by Crippen LogP contribution is 2.36. The molecule has 0 radical (unpaired) electrons. The number of nitrogens with one attached hydrogen (secondary N) is 1. The van der Waals surface area contributed by atoms with Crippen LogP contribution in [-0.4, -0.2) is 35.7 Å². The van der Waals surface area contributed by atoms with Crippen molar-refractivity contribution in [2.24, 2.45) is 5.73 Å². The lowest BCUT2D eigenvalue weighted by Crippen LogP contribution is -2.21. The quantitative estimate of drug-likeness (QED) is 0.448. The minimum absolute atomic E-state index is 0.357. The molecule has 0 saturated heterocycles. The maximum atomic E-state index is 11.9. The fraction of sp³-hybridized carbons (Fsp3) is 0.375. The van der Waals surface area contributed by atoms with Crippen LogP contribution in [0.3, 0.4) is 0 Å². The van der Waals surface area contributed by atoms with E-state index in [2.05, 4.69) is 48.0 Å². The first kappa shape index (κ1) is 20.9. The van der Waals surface area contributed by atoms with Gasteiger partial charge in [-0.25, -0.2) is 4.79 Å². The number of hydrogen-bond acceptors (Lipinski definition) is 3. The van der Waals surface area contributed by atoms with E-state index in [1.165, 1.54) is 5.69 Å². The number of anilines is 1. The van der Waals surface area contributed by atoms with E-state index in [4.69, 9.17) is 5.73 Å². The second-order valence-corrected chi connectivity index (χ2v) is 7.43. The zero-order valence-corrected chi connectivity index (χ0v) is 17.6. The van der Waals surface area contributed by atoms with E-state index < -0.39 is 5.97 Å². The van der Waals surface area contributed by atoms with Crippen LogP contribution in [0.25, 0.3) is 22.2 Å². The fourth-order valence-electron chi connectivity index (χ4n) is 4.06. The van der Waals surface area contributed by atoms with Crippen LogP contribution in [0, 0.1) is 6.92 Å². The molecular formula is C24H31N3O2. The van der Waals surface area contributed by atoms with Crippen molar-refractivity contribution in [1.82, 2.24) is 4.98 Å². The van der Waals surface area contributed by atoms with Crippen molar-refractivity contribution in [1.29, 1.82) is 0 Å². The minimum atomic E-state index is -0.891. The number of aromatic amines is 1. The Kier molecular flexibility index (Phi) is 6.60. The summed E-state index contributed by atoms with van der Waals surface area (Å²) in [6, 6.07) is 12.1. The SMILES string of the molecule is CCN(CC)c1ccc(-c2[nH]c3c(C)ccc(C(=O)O)c3c2CCCCN)cc1. The fourth-order valence-corrected chi connectivity index (χ4v) is 4.06. The molecule has 0 spiro atoms. The maximum Gasteiger partial charge on any atom is 0.336 e. The van der Waals surface area contributed by atoms with E-state index in [-0.39, 0.29) is 0 Å². The summed E-state index contributed by atoms with van der Waals surface area (Å²) in [7, 11) is 0. The van der Waals surface area contributed by atoms with E-state index in [0.29, 0.717) is 12.1 Å². The molecule has 2 aromatic carbocycles. The molecule has 1 heterocycles. The Hall–Kier alpha value is -2.79. The molecule has 4 N–H and O–H groups in total. The number of rotatable bonds is 9. The van der Waals surface area contributed by atoms with Crippen LogP contribution in [0.1, 0.15) is 48.2 Å². The Labute approximate surface area is 172 Å². The molecule has 3 rings (SSSR count). The molecule has 0 atom stereocenters. The summed E-state index contributed by atoms with van der Waals surface area (Å²) in [5, 5.41) is 10.6. The Bertz CT molecular complexity index is 986. The van der Waals surface area contributed by atoms with Gasteiger partial charge in [-0.3, -0.25) is 0 Å². The zero-order chi connectivity index (χ0) is 21.0. The minimum Gasteiger partial charge on any atom is -0.478 e. The van der Waals surface area contributed by atoms with Gasteiger partial charge in [0.05, 0.1) is 5.56 Å². The average Bonchev–Trinajstić information content (AvgIpc) is 3.10. The number of fused-ring (bicyclic) bond motifs is 1. The third-order valence-electron chi connectivity index (χ3n) is 5.66. The Balaban J connectivity index is 2.16. The van der Waals surface area contributed by atoms with Crippen LogP contribution < -0.4 is 10.6 Å². The largest absolute Gasteiger partial charge is 0.478 e. The highest BCUT2D eigenvalue weighted by molar-refractivity contribution is 6.07. The molecule has 5 heteroatoms. The van der Waals surface area contributed by atoms with E-state index >= 15 is 0 Å². The van der Waals surface area contributed by atoms with Crippen molar-refractivity contribution in [3.8, 4) is 11.3 Å². The van der Waals surface area contributed by atoms with Gasteiger partial charge in [0.15, 0.2) is 0 Å². The second kappa shape index (κ2) is 9.14. The van der Waals surface area contributed by atoms with E-state index in [1.54, 1.807) is 6.07 Å². The molecule has 0 aliphatic heterocycles. The number of carbonyl (C=O) groups is 1. The molecule has 3 aromatic rings. The zero-order valence-electron chi connectivity index (χ0n) is 17.6. The molecule has 0 amide bonds. The van der Waals surface area contributed by atoms with Gasteiger partial charge in [-0.1, -0.05) is 18.2 Å². The van der Waals surface area contributed by atoms with Crippen molar-refractivity contribution in [3.63, 3.8) is 0 Å². The van der Waals surface area contributed by atoms with Gasteiger partial charge in [0.1, 0.15) is 0 Å². The lowest BCUT2D eigenvalue weighted by Gasteiger charge is -2.21. The standard InChI is InChI=1S/C24H31N3O2/c1-4-27(5-2)18-12-10-17(11-13-18)23-19(8-6-7-15-25)21-20(24(28)29)14-9-16(3)22(21)26-23/h9-14,26H,4-8,15,25H2,1-3H3,(H,28,29). The Morgan fingerprint density at radius 1 is 1.07 bits per heavy atom. The number of carboxylic acids is 1. The summed E-state index contributed by atoms with van der Waals surface area (Å²) in [6.45, 7) is 8.89. The molecule has 29 heavy (non-hydrogen) atoms. The smallest absolute Gasteiger partial charge is 0.336 e. The molecule has 154 valence electrons. The second-order valence-electron chi connectivity index (χ2n) is 7.43. The molecule has 1 aromatic heterocycles. The molecule has 0 aliphatic rings. The van der Waals surface area contributed by atoms with Gasteiger partial charge in [-0.05, 0) is 81.5 Å². The summed E-state index contributed by atoms with van der Waals surface area (Å²) in [5.41, 5.74) is 12.4. The summed E-state index contributed by atoms with van der Waals surface area (Å²) in [5.74, 6) is -0.891. The number of benzene rings is 2. The van der Waals surface area contributed by atoms with Crippen molar-refractivity contribution >= 4 is 22.6 Å².